The van der Waals surface area contributed by atoms with Crippen LogP contribution >= 0.6 is 0 Å². The first-order chi connectivity index (χ1) is 20.1. The second-order valence-electron chi connectivity index (χ2n) is 10.1. The molecule has 1 unspecified atom stereocenters. The van der Waals surface area contributed by atoms with Crippen molar-refractivity contribution in [3.8, 4) is 23.0 Å². The summed E-state index contributed by atoms with van der Waals surface area (Å²) in [6.07, 6.45) is 7.37. The van der Waals surface area contributed by atoms with Gasteiger partial charge in [-0.1, -0.05) is 25.5 Å². The molecule has 11 heteroatoms. The molecule has 10 nitrogen and oxygen atoms in total. The number of benzene rings is 2. The molecule has 42 heavy (non-hydrogen) atoms. The maximum absolute atomic E-state index is 12.3. The minimum absolute atomic E-state index is 0.0707. The molecule has 2 aromatic carbocycles. The fourth-order valence-electron chi connectivity index (χ4n) is 4.97. The zero-order valence-electron chi connectivity index (χ0n) is 24.9. The van der Waals surface area contributed by atoms with Gasteiger partial charge in [0.25, 0.3) is 5.91 Å². The van der Waals surface area contributed by atoms with Crippen molar-refractivity contribution in [1.82, 2.24) is 10.0 Å². The Morgan fingerprint density at radius 3 is 2.43 bits per heavy atom. The molecule has 1 aliphatic heterocycles. The average molecular weight is 603 g/mol. The van der Waals surface area contributed by atoms with Crippen molar-refractivity contribution in [3.63, 3.8) is 0 Å². The lowest BCUT2D eigenvalue weighted by molar-refractivity contribution is -0.119. The van der Waals surface area contributed by atoms with Gasteiger partial charge in [-0.2, -0.15) is 0 Å². The van der Waals surface area contributed by atoms with Crippen LogP contribution in [0.4, 0.5) is 0 Å². The third-order valence-electron chi connectivity index (χ3n) is 6.86. The number of methoxy groups -OCH3 is 1. The molecule has 0 bridgehead atoms. The fourth-order valence-corrected chi connectivity index (χ4v) is 5.49. The maximum Gasteiger partial charge on any atom is 0.254 e. The lowest BCUT2D eigenvalue weighted by Crippen LogP contribution is -2.31. The molecule has 1 atom stereocenters. The minimum atomic E-state index is -3.58. The number of hydrogen-bond acceptors (Lipinski definition) is 8. The van der Waals surface area contributed by atoms with Crippen molar-refractivity contribution in [3.05, 3.63) is 59.2 Å². The van der Waals surface area contributed by atoms with E-state index in [-0.39, 0.29) is 18.4 Å². The minimum Gasteiger partial charge on any atom is -0.495 e. The lowest BCUT2D eigenvalue weighted by Gasteiger charge is -2.29. The number of fused-ring (bicyclic) bond motifs is 1. The van der Waals surface area contributed by atoms with E-state index in [0.29, 0.717) is 49.5 Å². The summed E-state index contributed by atoms with van der Waals surface area (Å²) in [6.45, 7) is 6.74. The van der Waals surface area contributed by atoms with E-state index in [1.807, 2.05) is 16.9 Å². The molecular weight excluding hydrogens is 560 g/mol. The Morgan fingerprint density at radius 2 is 1.81 bits per heavy atom. The first kappa shape index (κ1) is 32.8. The first-order valence-electron chi connectivity index (χ1n) is 14.2. The summed E-state index contributed by atoms with van der Waals surface area (Å²) in [5.41, 5.74) is 3.30. The average Bonchev–Trinajstić information content (AvgIpc) is 2.96. The third-order valence-corrected chi connectivity index (χ3v) is 7.46. The summed E-state index contributed by atoms with van der Waals surface area (Å²) in [7, 11) is -0.477. The number of allylic oxidation sites excluding steroid dienone is 1. The number of carbonyl (C=O) groups excluding carboxylic acids is 2. The van der Waals surface area contributed by atoms with Gasteiger partial charge in [-0.15, -0.1) is 6.58 Å². The molecule has 0 saturated heterocycles. The molecule has 2 amide bonds. The van der Waals surface area contributed by atoms with Crippen molar-refractivity contribution in [2.24, 2.45) is 0 Å². The van der Waals surface area contributed by atoms with Crippen LogP contribution in [0.3, 0.4) is 0 Å². The highest BCUT2D eigenvalue weighted by Crippen LogP contribution is 2.39. The van der Waals surface area contributed by atoms with Gasteiger partial charge in [-0.25, -0.2) is 8.42 Å². The summed E-state index contributed by atoms with van der Waals surface area (Å²) >= 11 is 0. The monoisotopic (exact) mass is 602 g/mol. The highest BCUT2D eigenvalue weighted by atomic mass is 32.2. The molecule has 0 radical (unpaired) electrons. The van der Waals surface area contributed by atoms with E-state index in [0.717, 1.165) is 60.1 Å². The van der Waals surface area contributed by atoms with Crippen LogP contribution in [0.25, 0.3) is 0 Å². The first-order valence-corrected chi connectivity index (χ1v) is 16.1. The van der Waals surface area contributed by atoms with E-state index in [9.17, 15) is 18.0 Å². The third kappa shape index (κ3) is 8.88. The number of rotatable bonds is 16. The lowest BCUT2D eigenvalue weighted by atomic mass is 9.95. The molecule has 0 aliphatic carbocycles. The Morgan fingerprint density at radius 1 is 1.12 bits per heavy atom. The van der Waals surface area contributed by atoms with E-state index in [2.05, 4.69) is 18.8 Å². The molecule has 0 saturated carbocycles. The van der Waals surface area contributed by atoms with Crippen LogP contribution in [0.2, 0.25) is 0 Å². The fraction of sp³-hybridized carbons (Fsp3) is 0.484. The van der Waals surface area contributed by atoms with Crippen molar-refractivity contribution < 1.29 is 37.0 Å². The van der Waals surface area contributed by atoms with Crippen LogP contribution in [0.15, 0.2) is 36.9 Å². The maximum atomic E-state index is 12.3. The molecule has 0 fully saturated rings. The molecule has 230 valence electrons. The smallest absolute Gasteiger partial charge is 0.254 e. The summed E-state index contributed by atoms with van der Waals surface area (Å²) in [4.78, 5) is 24.2. The Bertz CT molecular complexity index is 1370. The largest absolute Gasteiger partial charge is 0.495 e. The van der Waals surface area contributed by atoms with Crippen LogP contribution in [0, 0.1) is 0 Å². The predicted octanol–water partition coefficient (Wildman–Crippen LogP) is 4.13. The van der Waals surface area contributed by atoms with Crippen molar-refractivity contribution in [2.75, 3.05) is 33.6 Å². The molecule has 0 spiro atoms. The Balaban J connectivity index is 1.62. The van der Waals surface area contributed by atoms with Gasteiger partial charge in [0.05, 0.1) is 38.2 Å². The van der Waals surface area contributed by atoms with Gasteiger partial charge < -0.3 is 24.3 Å². The van der Waals surface area contributed by atoms with Crippen LogP contribution in [-0.4, -0.2) is 60.0 Å². The molecule has 2 N–H and O–H groups in total. The van der Waals surface area contributed by atoms with E-state index in [1.165, 1.54) is 7.11 Å². The normalized spacial score (nSPS) is 14.2. The summed E-state index contributed by atoms with van der Waals surface area (Å²) in [5.74, 6) is 1.90. The van der Waals surface area contributed by atoms with Crippen LogP contribution in [0.1, 0.15) is 66.1 Å². The number of sulfonamides is 1. The number of ether oxygens (including phenoxy) is 4. The van der Waals surface area contributed by atoms with Gasteiger partial charge >= 0.3 is 0 Å². The van der Waals surface area contributed by atoms with Crippen LogP contribution in [0.5, 0.6) is 23.0 Å². The van der Waals surface area contributed by atoms with E-state index < -0.39 is 15.9 Å². The number of aryl methyl sites for hydroxylation is 1. The SMILES string of the molecule is C=CCc1c(OCCCOc2ccc3c(c2CCC)OC(CCC(=O)NS(C)(=O)=O)CC3)ccc(C(=O)NC)c1OC. The molecule has 0 aromatic heterocycles. The highest BCUT2D eigenvalue weighted by molar-refractivity contribution is 7.89. The zero-order chi connectivity index (χ0) is 30.7. The Labute approximate surface area is 248 Å². The van der Waals surface area contributed by atoms with Gasteiger partial charge in [-0.3, -0.25) is 14.3 Å². The van der Waals surface area contributed by atoms with E-state index in [1.54, 1.807) is 25.3 Å². The van der Waals surface area contributed by atoms with Crippen molar-refractivity contribution in [1.29, 1.82) is 0 Å². The van der Waals surface area contributed by atoms with Crippen LogP contribution in [-0.2, 0) is 34.1 Å². The van der Waals surface area contributed by atoms with Gasteiger partial charge in [0.15, 0.2) is 0 Å². The number of amides is 2. The quantitative estimate of drug-likeness (QED) is 0.217. The second kappa shape index (κ2) is 15.5. The second-order valence-corrected chi connectivity index (χ2v) is 11.9. The van der Waals surface area contributed by atoms with Crippen molar-refractivity contribution in [2.45, 2.75) is 64.4 Å². The van der Waals surface area contributed by atoms with Crippen LogP contribution < -0.4 is 29.0 Å². The topological polar surface area (TPSA) is 129 Å². The summed E-state index contributed by atoms with van der Waals surface area (Å²) in [5, 5.41) is 2.63. The number of nitrogens with one attached hydrogen (secondary N) is 2. The highest BCUT2D eigenvalue weighted by Gasteiger charge is 2.25. The Hall–Kier alpha value is -3.73. The molecule has 2 aromatic rings. The summed E-state index contributed by atoms with van der Waals surface area (Å²) in [6, 6.07) is 7.47. The van der Waals surface area contributed by atoms with E-state index in [4.69, 9.17) is 18.9 Å². The number of carbonyl (C=O) groups is 2. The standard InChI is InChI=1S/C31H42N2O8S/c1-6-9-23-26(16-12-21-11-13-22(41-29(21)23)14-18-28(34)33-42(5,36)37)39-19-8-20-40-27-17-15-25(31(35)32-3)30(38-4)24(27)10-7-2/h7,12,15-17,22H,2,6,8-11,13-14,18-20H2,1,3-5H3,(H,32,35)(H,33,34). The van der Waals surface area contributed by atoms with Gasteiger partial charge in [-0.05, 0) is 55.9 Å². The zero-order valence-corrected chi connectivity index (χ0v) is 25.7. The molecular formula is C31H42N2O8S. The molecule has 3 rings (SSSR count). The Kier molecular flexibility index (Phi) is 12.1. The molecule has 1 heterocycles. The number of hydrogen-bond donors (Lipinski definition) is 2. The predicted molar refractivity (Wildman–Crippen MR) is 161 cm³/mol. The molecule has 1 aliphatic rings. The van der Waals surface area contributed by atoms with Gasteiger partial charge in [0.2, 0.25) is 15.9 Å². The van der Waals surface area contributed by atoms with E-state index >= 15 is 0 Å². The van der Waals surface area contributed by atoms with Gasteiger partial charge in [0, 0.05) is 31.0 Å². The van der Waals surface area contributed by atoms with Gasteiger partial charge in [0.1, 0.15) is 23.0 Å². The summed E-state index contributed by atoms with van der Waals surface area (Å²) < 4.78 is 48.8. The van der Waals surface area contributed by atoms with Crippen molar-refractivity contribution >= 4 is 21.8 Å².